The summed E-state index contributed by atoms with van der Waals surface area (Å²) < 4.78 is 0. The lowest BCUT2D eigenvalue weighted by Gasteiger charge is -2.53. The van der Waals surface area contributed by atoms with Crippen molar-refractivity contribution in [3.05, 3.63) is 0 Å². The highest BCUT2D eigenvalue weighted by Gasteiger charge is 2.46. The molecule has 0 heterocycles. The van der Waals surface area contributed by atoms with Gasteiger partial charge < -0.3 is 4.90 Å². The van der Waals surface area contributed by atoms with Crippen molar-refractivity contribution in [3.63, 3.8) is 0 Å². The Morgan fingerprint density at radius 1 is 0.812 bits per heavy atom. The van der Waals surface area contributed by atoms with E-state index in [9.17, 15) is 0 Å². The van der Waals surface area contributed by atoms with Crippen LogP contribution in [0.3, 0.4) is 0 Å². The Balaban J connectivity index is 5.12. The minimum Gasteiger partial charge on any atom is -0.304 e. The minimum absolute atomic E-state index is 0.389. The topological polar surface area (TPSA) is 3.24 Å². The molecule has 0 radical (unpaired) electrons. The molecule has 1 nitrogen and oxygen atoms in total. The molecule has 0 fully saturated rings. The summed E-state index contributed by atoms with van der Waals surface area (Å²) in [6.07, 6.45) is 0. The summed E-state index contributed by atoms with van der Waals surface area (Å²) in [5, 5.41) is 0.464. The molecule has 0 saturated carbocycles. The summed E-state index contributed by atoms with van der Waals surface area (Å²) in [5.41, 5.74) is 0.778. The van der Waals surface area contributed by atoms with E-state index in [1.165, 1.54) is 29.9 Å². The number of hydrogen-bond donors (Lipinski definition) is 0. The molecule has 0 spiro atoms. The van der Waals surface area contributed by atoms with Gasteiger partial charge in [0, 0.05) is 16.8 Å². The fraction of sp³-hybridized carbons (Fsp3) is 1.00. The minimum atomic E-state index is 0.389. The second-order valence-electron chi connectivity index (χ2n) is 7.29. The summed E-state index contributed by atoms with van der Waals surface area (Å²) in [6.45, 7) is 22.6. The molecule has 0 N–H and O–H groups in total. The van der Waals surface area contributed by atoms with Crippen LogP contribution in [-0.4, -0.2) is 34.8 Å². The molecular formula is C14H33NSi. The Bertz CT molecular complexity index is 192. The van der Waals surface area contributed by atoms with Gasteiger partial charge in [-0.15, -0.1) is 0 Å². The summed E-state index contributed by atoms with van der Waals surface area (Å²) in [4.78, 5) is 2.59. The standard InChI is InChI=1S/C14H33NSi/c1-9-15(10-2)11-14(16,12(3,4)5)13(6,7)8/h9-11H2,1-8,16H3. The second kappa shape index (κ2) is 5.22. The van der Waals surface area contributed by atoms with Gasteiger partial charge in [-0.05, 0) is 29.0 Å². The van der Waals surface area contributed by atoms with Gasteiger partial charge >= 0.3 is 0 Å². The van der Waals surface area contributed by atoms with Crippen LogP contribution in [0.1, 0.15) is 55.4 Å². The first-order valence-corrected chi connectivity index (χ1v) is 7.72. The third-order valence-corrected chi connectivity index (χ3v) is 8.06. The highest BCUT2D eigenvalue weighted by atomic mass is 28.1. The molecule has 0 bridgehead atoms. The van der Waals surface area contributed by atoms with Crippen LogP contribution in [0.15, 0.2) is 0 Å². The predicted molar refractivity (Wildman–Crippen MR) is 79.3 cm³/mol. The number of hydrogen-bond acceptors (Lipinski definition) is 1. The van der Waals surface area contributed by atoms with Crippen molar-refractivity contribution >= 4 is 10.2 Å². The molecule has 2 heteroatoms. The van der Waals surface area contributed by atoms with Gasteiger partial charge in [-0.2, -0.15) is 0 Å². The van der Waals surface area contributed by atoms with E-state index in [1.54, 1.807) is 0 Å². The van der Waals surface area contributed by atoms with Gasteiger partial charge in [-0.25, -0.2) is 0 Å². The summed E-state index contributed by atoms with van der Waals surface area (Å²) in [7, 11) is 1.25. The zero-order valence-corrected chi connectivity index (χ0v) is 15.1. The first kappa shape index (κ1) is 16.2. The highest BCUT2D eigenvalue weighted by Crippen LogP contribution is 2.55. The molecule has 0 aromatic carbocycles. The lowest BCUT2D eigenvalue weighted by molar-refractivity contribution is 0.0792. The second-order valence-corrected chi connectivity index (χ2v) is 9.00. The smallest absolute Gasteiger partial charge is 0.0136 e. The zero-order chi connectivity index (χ0) is 13.2. The van der Waals surface area contributed by atoms with Gasteiger partial charge in [0.1, 0.15) is 0 Å². The van der Waals surface area contributed by atoms with Crippen molar-refractivity contribution in [2.75, 3.05) is 19.6 Å². The van der Waals surface area contributed by atoms with Gasteiger partial charge in [0.05, 0.1) is 0 Å². The first-order chi connectivity index (χ1) is 6.99. The molecule has 0 aromatic heterocycles. The van der Waals surface area contributed by atoms with Gasteiger partial charge in [0.2, 0.25) is 0 Å². The van der Waals surface area contributed by atoms with Gasteiger partial charge in [0.25, 0.3) is 0 Å². The average molecular weight is 244 g/mol. The van der Waals surface area contributed by atoms with Crippen molar-refractivity contribution in [2.24, 2.45) is 10.8 Å². The van der Waals surface area contributed by atoms with E-state index in [1.807, 2.05) is 0 Å². The van der Waals surface area contributed by atoms with Gasteiger partial charge in [-0.1, -0.05) is 55.4 Å². The Hall–Kier alpha value is 0.177. The monoisotopic (exact) mass is 243 g/mol. The highest BCUT2D eigenvalue weighted by molar-refractivity contribution is 6.16. The third kappa shape index (κ3) is 3.33. The first-order valence-electron chi connectivity index (χ1n) is 6.72. The van der Waals surface area contributed by atoms with E-state index in [0.717, 1.165) is 0 Å². The Morgan fingerprint density at radius 2 is 1.12 bits per heavy atom. The molecular weight excluding hydrogens is 210 g/mol. The molecule has 0 aromatic rings. The van der Waals surface area contributed by atoms with Crippen molar-refractivity contribution in [2.45, 2.75) is 60.4 Å². The van der Waals surface area contributed by atoms with Crippen LogP contribution >= 0.6 is 0 Å². The maximum Gasteiger partial charge on any atom is 0.0136 e. The fourth-order valence-electron chi connectivity index (χ4n) is 2.49. The predicted octanol–water partition coefficient (Wildman–Crippen LogP) is 2.94. The van der Waals surface area contributed by atoms with E-state index in [4.69, 9.17) is 0 Å². The van der Waals surface area contributed by atoms with Crippen LogP contribution in [0.25, 0.3) is 0 Å². The Morgan fingerprint density at radius 3 is 1.31 bits per heavy atom. The fourth-order valence-corrected chi connectivity index (χ4v) is 2.94. The molecule has 98 valence electrons. The molecule has 0 aliphatic carbocycles. The lowest BCUT2D eigenvalue weighted by Crippen LogP contribution is -2.48. The third-order valence-electron chi connectivity index (χ3n) is 4.74. The van der Waals surface area contributed by atoms with E-state index < -0.39 is 0 Å². The molecule has 0 rings (SSSR count). The van der Waals surface area contributed by atoms with E-state index in [0.29, 0.717) is 15.9 Å². The maximum absolute atomic E-state index is 2.59. The number of nitrogens with zero attached hydrogens (tertiary/aromatic N) is 1. The lowest BCUT2D eigenvalue weighted by atomic mass is 9.65. The summed E-state index contributed by atoms with van der Waals surface area (Å²) in [5.74, 6) is 0. The molecule has 0 atom stereocenters. The van der Waals surface area contributed by atoms with Gasteiger partial charge in [0.15, 0.2) is 0 Å². The Kier molecular flexibility index (Phi) is 5.28. The van der Waals surface area contributed by atoms with Crippen LogP contribution in [-0.2, 0) is 0 Å². The van der Waals surface area contributed by atoms with Crippen molar-refractivity contribution in [1.29, 1.82) is 0 Å². The van der Waals surface area contributed by atoms with Gasteiger partial charge in [-0.3, -0.25) is 0 Å². The average Bonchev–Trinajstić information content (AvgIpc) is 2.10. The summed E-state index contributed by atoms with van der Waals surface area (Å²) >= 11 is 0. The normalized spacial score (nSPS) is 14.8. The zero-order valence-electron chi connectivity index (χ0n) is 13.1. The van der Waals surface area contributed by atoms with E-state index in [-0.39, 0.29) is 0 Å². The van der Waals surface area contributed by atoms with Crippen LogP contribution in [0.5, 0.6) is 0 Å². The van der Waals surface area contributed by atoms with Crippen molar-refractivity contribution < 1.29 is 0 Å². The number of rotatable bonds is 4. The molecule has 0 saturated heterocycles. The quantitative estimate of drug-likeness (QED) is 0.686. The van der Waals surface area contributed by atoms with Crippen molar-refractivity contribution in [3.8, 4) is 0 Å². The van der Waals surface area contributed by atoms with Crippen LogP contribution in [0, 0.1) is 10.8 Å². The van der Waals surface area contributed by atoms with Crippen LogP contribution in [0.2, 0.25) is 5.04 Å². The molecule has 0 amide bonds. The SMILES string of the molecule is CCN(CC)CC([SiH3])(C(C)(C)C)C(C)(C)C. The molecule has 0 aliphatic heterocycles. The molecule has 0 aliphatic rings. The van der Waals surface area contributed by atoms with Crippen molar-refractivity contribution in [1.82, 2.24) is 4.90 Å². The summed E-state index contributed by atoms with van der Waals surface area (Å²) in [6, 6.07) is 0. The van der Waals surface area contributed by atoms with E-state index in [2.05, 4.69) is 60.3 Å². The van der Waals surface area contributed by atoms with Crippen LogP contribution < -0.4 is 0 Å². The van der Waals surface area contributed by atoms with Crippen LogP contribution in [0.4, 0.5) is 0 Å². The largest absolute Gasteiger partial charge is 0.304 e. The molecule has 16 heavy (non-hydrogen) atoms. The molecule has 0 unspecified atom stereocenters. The Labute approximate surface area is 106 Å². The maximum atomic E-state index is 2.59. The van der Waals surface area contributed by atoms with E-state index >= 15 is 0 Å².